The van der Waals surface area contributed by atoms with Crippen LogP contribution in [-0.2, 0) is 0 Å². The largest absolute Gasteiger partial charge is 0.453 e. The molecule has 2 aromatic rings. The van der Waals surface area contributed by atoms with Gasteiger partial charge in [-0.15, -0.1) is 0 Å². The molecule has 0 amide bonds. The maximum Gasteiger partial charge on any atom is 0.166 e. The van der Waals surface area contributed by atoms with Crippen molar-refractivity contribution < 1.29 is 9.13 Å². The molecule has 21 heavy (non-hydrogen) atoms. The van der Waals surface area contributed by atoms with Gasteiger partial charge in [0.15, 0.2) is 11.6 Å². The fourth-order valence-electron chi connectivity index (χ4n) is 1.86. The molecule has 1 heterocycles. The topological polar surface area (TPSA) is 34.1 Å². The fraction of sp³-hybridized carbons (Fsp3) is 0.312. The summed E-state index contributed by atoms with van der Waals surface area (Å²) in [4.78, 5) is 4.36. The molecular formula is C16H18BrFN2O. The Morgan fingerprint density at radius 1 is 1.33 bits per heavy atom. The van der Waals surface area contributed by atoms with Gasteiger partial charge in [0, 0.05) is 10.5 Å². The third-order valence-electron chi connectivity index (χ3n) is 3.03. The first-order valence-electron chi connectivity index (χ1n) is 6.92. The van der Waals surface area contributed by atoms with Gasteiger partial charge in [0.2, 0.25) is 0 Å². The Morgan fingerprint density at radius 3 is 2.76 bits per heavy atom. The van der Waals surface area contributed by atoms with E-state index in [-0.39, 0.29) is 11.8 Å². The molecule has 0 saturated carbocycles. The average molecular weight is 353 g/mol. The van der Waals surface area contributed by atoms with Gasteiger partial charge in [0.05, 0.1) is 11.9 Å². The molecule has 1 aromatic carbocycles. The lowest BCUT2D eigenvalue weighted by atomic mass is 10.2. The third-order valence-corrected chi connectivity index (χ3v) is 3.52. The lowest BCUT2D eigenvalue weighted by molar-refractivity contribution is 0.439. The number of nitrogens with zero attached hydrogens (tertiary/aromatic N) is 1. The van der Waals surface area contributed by atoms with E-state index in [1.807, 2.05) is 6.07 Å². The van der Waals surface area contributed by atoms with Gasteiger partial charge >= 0.3 is 0 Å². The van der Waals surface area contributed by atoms with Gasteiger partial charge in [0.1, 0.15) is 5.75 Å². The second-order valence-corrected chi connectivity index (χ2v) is 5.69. The Hall–Kier alpha value is -1.46. The Kier molecular flexibility index (Phi) is 5.70. The van der Waals surface area contributed by atoms with Gasteiger partial charge in [-0.25, -0.2) is 4.39 Å². The van der Waals surface area contributed by atoms with Crippen LogP contribution in [0.5, 0.6) is 11.5 Å². The summed E-state index contributed by atoms with van der Waals surface area (Å²) in [6.45, 7) is 5.13. The van der Waals surface area contributed by atoms with Gasteiger partial charge in [-0.2, -0.15) is 0 Å². The third kappa shape index (κ3) is 4.51. The van der Waals surface area contributed by atoms with Crippen molar-refractivity contribution >= 4 is 15.9 Å². The number of rotatable bonds is 6. The summed E-state index contributed by atoms with van der Waals surface area (Å²) in [6, 6.07) is 8.56. The van der Waals surface area contributed by atoms with E-state index in [0.29, 0.717) is 10.2 Å². The standard InChI is InChI=1S/C16H18BrFN2O/c1-3-8-19-11(2)15-6-5-13(10-20-15)21-16-7-4-12(17)9-14(16)18/h4-7,9-11,19H,3,8H2,1-2H3. The predicted octanol–water partition coefficient (Wildman–Crippen LogP) is 4.84. The number of pyridine rings is 1. The highest BCUT2D eigenvalue weighted by Crippen LogP contribution is 2.26. The van der Waals surface area contributed by atoms with Crippen LogP contribution < -0.4 is 10.1 Å². The highest BCUT2D eigenvalue weighted by atomic mass is 79.9. The molecule has 0 aliphatic heterocycles. The predicted molar refractivity (Wildman–Crippen MR) is 85.1 cm³/mol. The summed E-state index contributed by atoms with van der Waals surface area (Å²) >= 11 is 3.21. The Balaban J connectivity index is 2.05. The minimum atomic E-state index is -0.411. The molecule has 0 fully saturated rings. The lowest BCUT2D eigenvalue weighted by Crippen LogP contribution is -2.20. The SMILES string of the molecule is CCCNC(C)c1ccc(Oc2ccc(Br)cc2F)cn1. The van der Waals surface area contributed by atoms with Crippen molar-refractivity contribution in [1.82, 2.24) is 10.3 Å². The molecule has 1 aromatic heterocycles. The van der Waals surface area contributed by atoms with E-state index < -0.39 is 5.82 Å². The number of hydrogen-bond donors (Lipinski definition) is 1. The van der Waals surface area contributed by atoms with Crippen LogP contribution in [0.4, 0.5) is 4.39 Å². The maximum absolute atomic E-state index is 13.7. The van der Waals surface area contributed by atoms with Crippen LogP contribution >= 0.6 is 15.9 Å². The van der Waals surface area contributed by atoms with Crippen molar-refractivity contribution in [2.24, 2.45) is 0 Å². The smallest absolute Gasteiger partial charge is 0.166 e. The summed E-state index contributed by atoms with van der Waals surface area (Å²) in [7, 11) is 0. The van der Waals surface area contributed by atoms with E-state index in [1.54, 1.807) is 24.4 Å². The summed E-state index contributed by atoms with van der Waals surface area (Å²) in [6.07, 6.45) is 2.69. The quantitative estimate of drug-likeness (QED) is 0.807. The molecular weight excluding hydrogens is 335 g/mol. The molecule has 1 unspecified atom stereocenters. The van der Waals surface area contributed by atoms with Crippen molar-refractivity contribution in [2.45, 2.75) is 26.3 Å². The van der Waals surface area contributed by atoms with Crippen LogP contribution in [-0.4, -0.2) is 11.5 Å². The molecule has 0 spiro atoms. The summed E-state index contributed by atoms with van der Waals surface area (Å²) in [5.74, 6) is 0.291. The van der Waals surface area contributed by atoms with Crippen LogP contribution in [0.1, 0.15) is 32.0 Å². The molecule has 0 aliphatic carbocycles. The Labute approximate surface area is 132 Å². The number of aromatic nitrogens is 1. The molecule has 0 radical (unpaired) electrons. The summed E-state index contributed by atoms with van der Waals surface area (Å²) in [5, 5.41) is 3.36. The van der Waals surface area contributed by atoms with Crippen molar-refractivity contribution in [3.8, 4) is 11.5 Å². The van der Waals surface area contributed by atoms with Crippen LogP contribution in [0.25, 0.3) is 0 Å². The zero-order valence-corrected chi connectivity index (χ0v) is 13.7. The maximum atomic E-state index is 13.7. The highest BCUT2D eigenvalue weighted by Gasteiger charge is 2.08. The van der Waals surface area contributed by atoms with Gasteiger partial charge in [0.25, 0.3) is 0 Å². The number of ether oxygens (including phenoxy) is 1. The molecule has 0 bridgehead atoms. The molecule has 1 N–H and O–H groups in total. The van der Waals surface area contributed by atoms with Gasteiger partial charge < -0.3 is 10.1 Å². The molecule has 0 saturated heterocycles. The van der Waals surface area contributed by atoms with Crippen LogP contribution in [0, 0.1) is 5.82 Å². The van der Waals surface area contributed by atoms with E-state index in [2.05, 4.69) is 40.1 Å². The first kappa shape index (κ1) is 15.9. The van der Waals surface area contributed by atoms with Crippen LogP contribution in [0.2, 0.25) is 0 Å². The first-order valence-corrected chi connectivity index (χ1v) is 7.71. The van der Waals surface area contributed by atoms with Crippen LogP contribution in [0.15, 0.2) is 41.0 Å². The van der Waals surface area contributed by atoms with Crippen molar-refractivity contribution in [3.05, 3.63) is 52.5 Å². The van der Waals surface area contributed by atoms with Gasteiger partial charge in [-0.1, -0.05) is 22.9 Å². The zero-order valence-electron chi connectivity index (χ0n) is 12.1. The second kappa shape index (κ2) is 7.52. The zero-order chi connectivity index (χ0) is 15.2. The minimum absolute atomic E-state index is 0.184. The Morgan fingerprint density at radius 2 is 2.14 bits per heavy atom. The van der Waals surface area contributed by atoms with E-state index in [4.69, 9.17) is 4.74 Å². The fourth-order valence-corrected chi connectivity index (χ4v) is 2.19. The molecule has 1 atom stereocenters. The minimum Gasteiger partial charge on any atom is -0.453 e. The van der Waals surface area contributed by atoms with E-state index >= 15 is 0 Å². The summed E-state index contributed by atoms with van der Waals surface area (Å²) < 4.78 is 19.9. The van der Waals surface area contributed by atoms with Gasteiger partial charge in [-0.05, 0) is 50.2 Å². The highest BCUT2D eigenvalue weighted by molar-refractivity contribution is 9.10. The van der Waals surface area contributed by atoms with E-state index in [1.165, 1.54) is 6.07 Å². The average Bonchev–Trinajstić information content (AvgIpc) is 2.48. The first-order chi connectivity index (χ1) is 10.1. The normalized spacial score (nSPS) is 12.2. The monoisotopic (exact) mass is 352 g/mol. The number of nitrogens with one attached hydrogen (secondary N) is 1. The number of halogens is 2. The van der Waals surface area contributed by atoms with E-state index in [9.17, 15) is 4.39 Å². The van der Waals surface area contributed by atoms with Crippen molar-refractivity contribution in [3.63, 3.8) is 0 Å². The van der Waals surface area contributed by atoms with E-state index in [0.717, 1.165) is 18.7 Å². The number of benzene rings is 1. The van der Waals surface area contributed by atoms with Crippen LogP contribution in [0.3, 0.4) is 0 Å². The summed E-state index contributed by atoms with van der Waals surface area (Å²) in [5.41, 5.74) is 0.937. The molecule has 3 nitrogen and oxygen atoms in total. The molecule has 112 valence electrons. The molecule has 5 heteroatoms. The lowest BCUT2D eigenvalue weighted by Gasteiger charge is -2.13. The Bertz CT molecular complexity index is 589. The van der Waals surface area contributed by atoms with Crippen molar-refractivity contribution in [2.75, 3.05) is 6.54 Å². The second-order valence-electron chi connectivity index (χ2n) is 4.77. The van der Waals surface area contributed by atoms with Crippen molar-refractivity contribution in [1.29, 1.82) is 0 Å². The van der Waals surface area contributed by atoms with Gasteiger partial charge in [-0.3, -0.25) is 4.98 Å². The number of hydrogen-bond acceptors (Lipinski definition) is 3. The molecule has 0 aliphatic rings. The molecule has 2 rings (SSSR count).